The molecule has 0 unspecified atom stereocenters. The van der Waals surface area contributed by atoms with E-state index in [2.05, 4.69) is 15.3 Å². The predicted molar refractivity (Wildman–Crippen MR) is 90.2 cm³/mol. The summed E-state index contributed by atoms with van der Waals surface area (Å²) in [4.78, 5) is 8.90. The van der Waals surface area contributed by atoms with Crippen molar-refractivity contribution >= 4 is 46.3 Å². The molecule has 0 aliphatic rings. The molecule has 0 radical (unpaired) electrons. The van der Waals surface area contributed by atoms with Crippen molar-refractivity contribution in [3.05, 3.63) is 44.8 Å². The maximum absolute atomic E-state index is 6.21. The van der Waals surface area contributed by atoms with Gasteiger partial charge in [0.05, 0.1) is 10.7 Å². The van der Waals surface area contributed by atoms with E-state index in [1.54, 1.807) is 18.2 Å². The maximum atomic E-state index is 6.21. The third kappa shape index (κ3) is 3.79. The second-order valence-electron chi connectivity index (χ2n) is 5.81. The Morgan fingerprint density at radius 3 is 2.33 bits per heavy atom. The minimum Gasteiger partial charge on any atom is -0.339 e. The van der Waals surface area contributed by atoms with Crippen LogP contribution in [0.5, 0.6) is 0 Å². The van der Waals surface area contributed by atoms with Crippen LogP contribution in [0.3, 0.4) is 0 Å². The molecule has 0 saturated heterocycles. The van der Waals surface area contributed by atoms with Gasteiger partial charge in [-0.25, -0.2) is 9.97 Å². The molecule has 6 heteroatoms. The number of aromatic nitrogens is 2. The monoisotopic (exact) mass is 343 g/mol. The summed E-state index contributed by atoms with van der Waals surface area (Å²) in [6.45, 7) is 7.95. The van der Waals surface area contributed by atoms with Gasteiger partial charge in [-0.05, 0) is 25.1 Å². The molecular formula is C15H16Cl3N3. The van der Waals surface area contributed by atoms with E-state index < -0.39 is 0 Å². The van der Waals surface area contributed by atoms with Crippen LogP contribution in [-0.4, -0.2) is 9.97 Å². The van der Waals surface area contributed by atoms with Gasteiger partial charge in [0, 0.05) is 16.0 Å². The minimum absolute atomic E-state index is 0.202. The number of nitrogens with zero attached hydrogens (tertiary/aromatic N) is 2. The fraction of sp³-hybridized carbons (Fsp3) is 0.333. The lowest BCUT2D eigenvalue weighted by Crippen LogP contribution is -2.17. The summed E-state index contributed by atoms with van der Waals surface area (Å²) < 4.78 is 0. The average molecular weight is 345 g/mol. The highest BCUT2D eigenvalue weighted by atomic mass is 35.5. The van der Waals surface area contributed by atoms with Gasteiger partial charge in [-0.2, -0.15) is 0 Å². The number of benzene rings is 1. The summed E-state index contributed by atoms with van der Waals surface area (Å²) in [6.07, 6.45) is 0. The van der Waals surface area contributed by atoms with Gasteiger partial charge in [-0.1, -0.05) is 55.6 Å². The van der Waals surface area contributed by atoms with Crippen LogP contribution in [0.25, 0.3) is 0 Å². The lowest BCUT2D eigenvalue weighted by molar-refractivity contribution is 0.545. The van der Waals surface area contributed by atoms with Crippen LogP contribution in [0.1, 0.15) is 32.2 Å². The number of anilines is 2. The highest BCUT2D eigenvalue weighted by molar-refractivity contribution is 6.35. The molecule has 0 aliphatic heterocycles. The van der Waals surface area contributed by atoms with Gasteiger partial charge in [-0.15, -0.1) is 0 Å². The summed E-state index contributed by atoms with van der Waals surface area (Å²) in [5, 5.41) is 4.76. The Morgan fingerprint density at radius 1 is 1.05 bits per heavy atom. The van der Waals surface area contributed by atoms with Crippen LogP contribution in [0, 0.1) is 6.92 Å². The molecule has 3 nitrogen and oxygen atoms in total. The highest BCUT2D eigenvalue weighted by Crippen LogP contribution is 2.32. The molecule has 21 heavy (non-hydrogen) atoms. The molecule has 1 heterocycles. The van der Waals surface area contributed by atoms with E-state index in [-0.39, 0.29) is 5.41 Å². The van der Waals surface area contributed by atoms with Crippen molar-refractivity contribution in [2.24, 2.45) is 0 Å². The second-order valence-corrected chi connectivity index (χ2v) is 7.01. The Labute approximate surface area is 139 Å². The van der Waals surface area contributed by atoms with E-state index in [4.69, 9.17) is 34.8 Å². The van der Waals surface area contributed by atoms with Crippen LogP contribution in [-0.2, 0) is 5.41 Å². The fourth-order valence-corrected chi connectivity index (χ4v) is 2.17. The number of hydrogen-bond acceptors (Lipinski definition) is 3. The molecule has 0 bridgehead atoms. The number of nitrogens with one attached hydrogen (secondary N) is 1. The van der Waals surface area contributed by atoms with Gasteiger partial charge >= 0.3 is 0 Å². The fourth-order valence-electron chi connectivity index (χ4n) is 1.67. The summed E-state index contributed by atoms with van der Waals surface area (Å²) >= 11 is 18.4. The molecule has 112 valence electrons. The predicted octanol–water partition coefficient (Wildman–Crippen LogP) is 5.79. The molecule has 0 saturated carbocycles. The Balaban J connectivity index is 2.49. The molecule has 1 aromatic heterocycles. The first-order chi connectivity index (χ1) is 9.68. The summed E-state index contributed by atoms with van der Waals surface area (Å²) in [5.74, 6) is 1.29. The molecule has 0 spiro atoms. The van der Waals surface area contributed by atoms with E-state index in [1.165, 1.54) is 0 Å². The van der Waals surface area contributed by atoms with Crippen LogP contribution in [0.4, 0.5) is 11.5 Å². The van der Waals surface area contributed by atoms with Crippen molar-refractivity contribution in [3.63, 3.8) is 0 Å². The lowest BCUT2D eigenvalue weighted by atomic mass is 9.95. The number of halogens is 3. The molecule has 2 rings (SSSR count). The van der Waals surface area contributed by atoms with Gasteiger partial charge in [0.2, 0.25) is 0 Å². The first kappa shape index (κ1) is 16.3. The Morgan fingerprint density at radius 2 is 1.71 bits per heavy atom. The standard InChI is InChI=1S/C15H16Cl3N3/c1-8-12(18)20-14(15(2,3)4)21-13(8)19-11-7-9(16)5-6-10(11)17/h5-7H,1-4H3,(H,19,20,21). The summed E-state index contributed by atoms with van der Waals surface area (Å²) in [6, 6.07) is 5.21. The molecule has 0 fully saturated rings. The Bertz CT molecular complexity index is 679. The Kier molecular flexibility index (Phi) is 4.66. The van der Waals surface area contributed by atoms with Crippen molar-refractivity contribution < 1.29 is 0 Å². The van der Waals surface area contributed by atoms with Crippen molar-refractivity contribution in [3.8, 4) is 0 Å². The average Bonchev–Trinajstić information content (AvgIpc) is 2.37. The van der Waals surface area contributed by atoms with Gasteiger partial charge in [0.15, 0.2) is 0 Å². The maximum Gasteiger partial charge on any atom is 0.138 e. The number of rotatable bonds is 2. The van der Waals surface area contributed by atoms with Crippen LogP contribution in [0.2, 0.25) is 15.2 Å². The highest BCUT2D eigenvalue weighted by Gasteiger charge is 2.21. The minimum atomic E-state index is -0.202. The first-order valence-corrected chi connectivity index (χ1v) is 7.58. The van der Waals surface area contributed by atoms with Gasteiger partial charge in [0.1, 0.15) is 16.8 Å². The zero-order valence-corrected chi connectivity index (χ0v) is 14.5. The van der Waals surface area contributed by atoms with Crippen LogP contribution < -0.4 is 5.32 Å². The van der Waals surface area contributed by atoms with Crippen molar-refractivity contribution in [2.45, 2.75) is 33.1 Å². The third-order valence-corrected chi connectivity index (χ3v) is 3.87. The zero-order valence-electron chi connectivity index (χ0n) is 12.3. The topological polar surface area (TPSA) is 37.8 Å². The van der Waals surface area contributed by atoms with E-state index in [0.29, 0.717) is 32.5 Å². The molecule has 0 atom stereocenters. The smallest absolute Gasteiger partial charge is 0.138 e. The molecule has 0 aliphatic carbocycles. The molecule has 1 N–H and O–H groups in total. The van der Waals surface area contributed by atoms with Gasteiger partial charge in [0.25, 0.3) is 0 Å². The normalized spacial score (nSPS) is 11.6. The molecular weight excluding hydrogens is 329 g/mol. The van der Waals surface area contributed by atoms with Crippen LogP contribution >= 0.6 is 34.8 Å². The van der Waals surface area contributed by atoms with E-state index in [9.17, 15) is 0 Å². The van der Waals surface area contributed by atoms with E-state index in [1.807, 2.05) is 27.7 Å². The number of hydrogen-bond donors (Lipinski definition) is 1. The SMILES string of the molecule is Cc1c(Cl)nc(C(C)(C)C)nc1Nc1cc(Cl)ccc1Cl. The van der Waals surface area contributed by atoms with E-state index in [0.717, 1.165) is 5.56 Å². The second kappa shape index (κ2) is 5.99. The molecule has 0 amide bonds. The molecule has 2 aromatic rings. The largest absolute Gasteiger partial charge is 0.339 e. The lowest BCUT2D eigenvalue weighted by Gasteiger charge is -2.19. The molecule has 1 aromatic carbocycles. The first-order valence-electron chi connectivity index (χ1n) is 6.45. The van der Waals surface area contributed by atoms with Gasteiger partial charge in [-0.3, -0.25) is 0 Å². The van der Waals surface area contributed by atoms with Crippen molar-refractivity contribution in [1.29, 1.82) is 0 Å². The van der Waals surface area contributed by atoms with Crippen molar-refractivity contribution in [1.82, 2.24) is 9.97 Å². The van der Waals surface area contributed by atoms with Crippen molar-refractivity contribution in [2.75, 3.05) is 5.32 Å². The van der Waals surface area contributed by atoms with E-state index >= 15 is 0 Å². The summed E-state index contributed by atoms with van der Waals surface area (Å²) in [5.41, 5.74) is 1.24. The quantitative estimate of drug-likeness (QED) is 0.701. The third-order valence-electron chi connectivity index (χ3n) is 2.94. The van der Waals surface area contributed by atoms with Gasteiger partial charge < -0.3 is 5.32 Å². The summed E-state index contributed by atoms with van der Waals surface area (Å²) in [7, 11) is 0. The van der Waals surface area contributed by atoms with Crippen LogP contribution in [0.15, 0.2) is 18.2 Å². The zero-order chi connectivity index (χ0) is 15.8. The Hall–Kier alpha value is -1.03.